The summed E-state index contributed by atoms with van der Waals surface area (Å²) in [4.78, 5) is 0. The molecule has 0 aromatic heterocycles. The maximum Gasteiger partial charge on any atom is 0.137 e. The van der Waals surface area contributed by atoms with Crippen LogP contribution in [0.5, 0.6) is 11.5 Å². The quantitative estimate of drug-likeness (QED) is 0.842. The third-order valence-corrected chi connectivity index (χ3v) is 3.81. The Kier molecular flexibility index (Phi) is 4.65. The fourth-order valence-corrected chi connectivity index (χ4v) is 2.04. The highest BCUT2D eigenvalue weighted by Gasteiger charge is 2.05. The van der Waals surface area contributed by atoms with Crippen LogP contribution >= 0.6 is 15.9 Å². The summed E-state index contributed by atoms with van der Waals surface area (Å²) in [7, 11) is 1.55. The minimum absolute atomic E-state index is 0.434. The van der Waals surface area contributed by atoms with Gasteiger partial charge in [-0.15, -0.1) is 0 Å². The molecule has 0 aliphatic rings. The number of hydrogen-bond acceptors (Lipinski definition) is 3. The second kappa shape index (κ2) is 6.44. The van der Waals surface area contributed by atoms with Gasteiger partial charge in [-0.3, -0.25) is 0 Å². The highest BCUT2D eigenvalue weighted by Crippen LogP contribution is 2.24. The van der Waals surface area contributed by atoms with E-state index in [4.69, 9.17) is 14.7 Å². The lowest BCUT2D eigenvalue weighted by atomic mass is 10.1. The molecule has 0 unspecified atom stereocenters. The van der Waals surface area contributed by atoms with E-state index in [1.807, 2.05) is 37.3 Å². The first kappa shape index (κ1) is 14.4. The Morgan fingerprint density at radius 2 is 2.00 bits per heavy atom. The van der Waals surface area contributed by atoms with Crippen LogP contribution in [-0.4, -0.2) is 7.11 Å². The smallest absolute Gasteiger partial charge is 0.137 e. The monoisotopic (exact) mass is 331 g/mol. The van der Waals surface area contributed by atoms with Crippen molar-refractivity contribution in [1.29, 1.82) is 5.26 Å². The Labute approximate surface area is 126 Å². The van der Waals surface area contributed by atoms with Crippen molar-refractivity contribution >= 4 is 15.9 Å². The van der Waals surface area contributed by atoms with Crippen molar-refractivity contribution in [3.05, 3.63) is 57.6 Å². The van der Waals surface area contributed by atoms with Crippen molar-refractivity contribution in [2.75, 3.05) is 7.11 Å². The van der Waals surface area contributed by atoms with Crippen LogP contribution in [-0.2, 0) is 6.61 Å². The first-order chi connectivity index (χ1) is 9.63. The number of nitriles is 1. The third kappa shape index (κ3) is 3.31. The van der Waals surface area contributed by atoms with E-state index in [0.717, 1.165) is 21.3 Å². The van der Waals surface area contributed by atoms with Crippen LogP contribution < -0.4 is 9.47 Å². The Morgan fingerprint density at radius 1 is 1.20 bits per heavy atom. The number of hydrogen-bond donors (Lipinski definition) is 0. The first-order valence-corrected chi connectivity index (χ1v) is 6.89. The maximum atomic E-state index is 8.94. The van der Waals surface area contributed by atoms with E-state index in [2.05, 4.69) is 22.0 Å². The van der Waals surface area contributed by atoms with E-state index in [-0.39, 0.29) is 0 Å². The average molecular weight is 332 g/mol. The van der Waals surface area contributed by atoms with Gasteiger partial charge in [-0.2, -0.15) is 5.26 Å². The van der Waals surface area contributed by atoms with Crippen LogP contribution in [0.2, 0.25) is 0 Å². The fourth-order valence-electron chi connectivity index (χ4n) is 1.79. The second-order valence-corrected chi connectivity index (χ2v) is 5.20. The van der Waals surface area contributed by atoms with E-state index in [1.54, 1.807) is 13.2 Å². The molecule has 3 nitrogen and oxygen atoms in total. The zero-order chi connectivity index (χ0) is 14.5. The lowest BCUT2D eigenvalue weighted by Crippen LogP contribution is -1.97. The molecular weight excluding hydrogens is 318 g/mol. The van der Waals surface area contributed by atoms with E-state index in [1.165, 1.54) is 0 Å². The zero-order valence-electron chi connectivity index (χ0n) is 11.3. The van der Waals surface area contributed by atoms with Gasteiger partial charge < -0.3 is 9.47 Å². The van der Waals surface area contributed by atoms with Gasteiger partial charge in [0, 0.05) is 4.47 Å². The molecule has 0 aliphatic carbocycles. The predicted molar refractivity (Wildman–Crippen MR) is 80.9 cm³/mol. The zero-order valence-corrected chi connectivity index (χ0v) is 12.9. The molecule has 0 N–H and O–H groups in total. The van der Waals surface area contributed by atoms with Gasteiger partial charge in [0.25, 0.3) is 0 Å². The summed E-state index contributed by atoms with van der Waals surface area (Å²) in [5.41, 5.74) is 2.61. The SMILES string of the molecule is COc1cc(COc2ccc(Br)c(C)c2)ccc1C#N. The molecule has 0 fully saturated rings. The van der Waals surface area contributed by atoms with Crippen molar-refractivity contribution in [2.45, 2.75) is 13.5 Å². The molecule has 0 saturated heterocycles. The molecule has 4 heteroatoms. The fraction of sp³-hybridized carbons (Fsp3) is 0.188. The van der Waals surface area contributed by atoms with Gasteiger partial charge in [0.2, 0.25) is 0 Å². The summed E-state index contributed by atoms with van der Waals surface area (Å²) < 4.78 is 12.0. The number of ether oxygens (including phenoxy) is 2. The molecule has 0 saturated carbocycles. The van der Waals surface area contributed by atoms with Crippen LogP contribution in [0.4, 0.5) is 0 Å². The van der Waals surface area contributed by atoms with Gasteiger partial charge >= 0.3 is 0 Å². The molecule has 2 aromatic carbocycles. The summed E-state index contributed by atoms with van der Waals surface area (Å²) in [6.45, 7) is 2.45. The molecule has 0 aliphatic heterocycles. The number of halogens is 1. The summed E-state index contributed by atoms with van der Waals surface area (Å²) in [5.74, 6) is 1.38. The van der Waals surface area contributed by atoms with Crippen molar-refractivity contribution in [2.24, 2.45) is 0 Å². The van der Waals surface area contributed by atoms with Crippen LogP contribution in [0.25, 0.3) is 0 Å². The highest BCUT2D eigenvalue weighted by molar-refractivity contribution is 9.10. The highest BCUT2D eigenvalue weighted by atomic mass is 79.9. The van der Waals surface area contributed by atoms with Crippen molar-refractivity contribution in [3.8, 4) is 17.6 Å². The Balaban J connectivity index is 2.11. The van der Waals surface area contributed by atoms with E-state index in [9.17, 15) is 0 Å². The summed E-state index contributed by atoms with van der Waals surface area (Å²) in [6.07, 6.45) is 0. The van der Waals surface area contributed by atoms with Gasteiger partial charge in [-0.1, -0.05) is 22.0 Å². The van der Waals surface area contributed by atoms with Crippen molar-refractivity contribution in [1.82, 2.24) is 0 Å². The van der Waals surface area contributed by atoms with Crippen molar-refractivity contribution in [3.63, 3.8) is 0 Å². The minimum Gasteiger partial charge on any atom is -0.495 e. The van der Waals surface area contributed by atoms with Gasteiger partial charge in [-0.05, 0) is 48.4 Å². The second-order valence-electron chi connectivity index (χ2n) is 4.35. The molecule has 2 rings (SSSR count). The van der Waals surface area contributed by atoms with Crippen LogP contribution in [0.1, 0.15) is 16.7 Å². The Hall–Kier alpha value is -1.99. The molecule has 0 atom stereocenters. The van der Waals surface area contributed by atoms with Gasteiger partial charge in [-0.25, -0.2) is 0 Å². The first-order valence-electron chi connectivity index (χ1n) is 6.10. The molecule has 20 heavy (non-hydrogen) atoms. The topological polar surface area (TPSA) is 42.2 Å². The minimum atomic E-state index is 0.434. The van der Waals surface area contributed by atoms with Crippen LogP contribution in [0.15, 0.2) is 40.9 Å². The Bertz CT molecular complexity index is 662. The number of methoxy groups -OCH3 is 1. The van der Waals surface area contributed by atoms with E-state index in [0.29, 0.717) is 17.9 Å². The van der Waals surface area contributed by atoms with Gasteiger partial charge in [0.05, 0.1) is 12.7 Å². The standard InChI is InChI=1S/C16H14BrNO2/c1-11-7-14(5-6-15(11)17)20-10-12-3-4-13(9-18)16(8-12)19-2/h3-8H,10H2,1-2H3. The van der Waals surface area contributed by atoms with Crippen molar-refractivity contribution < 1.29 is 9.47 Å². The maximum absolute atomic E-state index is 8.94. The average Bonchev–Trinajstić information content (AvgIpc) is 2.48. The van der Waals surface area contributed by atoms with E-state index >= 15 is 0 Å². The molecule has 0 heterocycles. The van der Waals surface area contributed by atoms with Gasteiger partial charge in [0.1, 0.15) is 24.2 Å². The Morgan fingerprint density at radius 3 is 2.65 bits per heavy atom. The molecule has 0 spiro atoms. The normalized spacial score (nSPS) is 9.90. The predicted octanol–water partition coefficient (Wildman–Crippen LogP) is 4.22. The summed E-state index contributed by atoms with van der Waals surface area (Å²) in [5, 5.41) is 8.94. The largest absolute Gasteiger partial charge is 0.495 e. The third-order valence-electron chi connectivity index (χ3n) is 2.92. The molecule has 2 aromatic rings. The van der Waals surface area contributed by atoms with Crippen LogP contribution in [0.3, 0.4) is 0 Å². The molecule has 0 amide bonds. The number of aryl methyl sites for hydroxylation is 1. The molecule has 102 valence electrons. The van der Waals surface area contributed by atoms with E-state index < -0.39 is 0 Å². The number of rotatable bonds is 4. The molecule has 0 bridgehead atoms. The lowest BCUT2D eigenvalue weighted by Gasteiger charge is -2.09. The number of benzene rings is 2. The molecule has 0 radical (unpaired) electrons. The van der Waals surface area contributed by atoms with Gasteiger partial charge in [0.15, 0.2) is 0 Å². The summed E-state index contributed by atoms with van der Waals surface area (Å²) >= 11 is 3.46. The molecular formula is C16H14BrNO2. The lowest BCUT2D eigenvalue weighted by molar-refractivity contribution is 0.305. The number of nitrogens with zero attached hydrogens (tertiary/aromatic N) is 1. The van der Waals surface area contributed by atoms with Crippen LogP contribution in [0, 0.1) is 18.3 Å². The summed E-state index contributed by atoms with van der Waals surface area (Å²) in [6, 6.07) is 13.4.